The van der Waals surface area contributed by atoms with E-state index in [1.165, 1.54) is 50.9 Å². The van der Waals surface area contributed by atoms with Crippen molar-refractivity contribution in [3.8, 4) is 0 Å². The lowest BCUT2D eigenvalue weighted by Gasteiger charge is -2.32. The first kappa shape index (κ1) is 14.1. The second-order valence-corrected chi connectivity index (χ2v) is 6.54. The highest BCUT2D eigenvalue weighted by molar-refractivity contribution is 5.28. The van der Waals surface area contributed by atoms with Crippen molar-refractivity contribution < 1.29 is 0 Å². The summed E-state index contributed by atoms with van der Waals surface area (Å²) in [7, 11) is 0. The van der Waals surface area contributed by atoms with E-state index >= 15 is 0 Å². The fraction of sp³-hybridized carbons (Fsp3) is 0.667. The van der Waals surface area contributed by atoms with Crippen molar-refractivity contribution in [3.05, 3.63) is 35.4 Å². The van der Waals surface area contributed by atoms with Gasteiger partial charge in [0.25, 0.3) is 0 Å². The molecule has 1 aromatic carbocycles. The molecule has 0 atom stereocenters. The number of piperidine rings is 1. The topological polar surface area (TPSA) is 15.3 Å². The Labute approximate surface area is 123 Å². The minimum atomic E-state index is 0.880. The van der Waals surface area contributed by atoms with Gasteiger partial charge < -0.3 is 5.32 Å². The van der Waals surface area contributed by atoms with Crippen LogP contribution < -0.4 is 5.32 Å². The maximum absolute atomic E-state index is 3.49. The van der Waals surface area contributed by atoms with Gasteiger partial charge in [-0.25, -0.2) is 0 Å². The minimum Gasteiger partial charge on any atom is -0.317 e. The number of hydrogen-bond acceptors (Lipinski definition) is 2. The van der Waals surface area contributed by atoms with Crippen LogP contribution >= 0.6 is 0 Å². The molecule has 0 amide bonds. The van der Waals surface area contributed by atoms with Crippen molar-refractivity contribution in [1.82, 2.24) is 10.2 Å². The van der Waals surface area contributed by atoms with Crippen LogP contribution in [-0.4, -0.2) is 31.1 Å². The highest BCUT2D eigenvalue weighted by Gasteiger charge is 2.23. The lowest BCUT2D eigenvalue weighted by atomic mass is 9.96. The molecular formula is C18H28N2. The van der Waals surface area contributed by atoms with Gasteiger partial charge in [-0.3, -0.25) is 4.90 Å². The third kappa shape index (κ3) is 3.83. The van der Waals surface area contributed by atoms with Gasteiger partial charge in [0, 0.05) is 6.54 Å². The molecule has 1 saturated heterocycles. The Morgan fingerprint density at radius 2 is 1.75 bits per heavy atom. The maximum atomic E-state index is 3.49. The predicted molar refractivity (Wildman–Crippen MR) is 85.0 cm³/mol. The van der Waals surface area contributed by atoms with Gasteiger partial charge in [-0.15, -0.1) is 0 Å². The number of benzene rings is 1. The molecule has 0 bridgehead atoms. The molecule has 1 saturated carbocycles. The molecule has 3 rings (SSSR count). The summed E-state index contributed by atoms with van der Waals surface area (Å²) in [5, 5.41) is 3.49. The average Bonchev–Trinajstić information content (AvgIpc) is 3.32. The Hall–Kier alpha value is -0.860. The van der Waals surface area contributed by atoms with Crippen LogP contribution in [0.2, 0.25) is 0 Å². The van der Waals surface area contributed by atoms with E-state index in [1.54, 1.807) is 5.56 Å². The first-order valence-electron chi connectivity index (χ1n) is 8.37. The van der Waals surface area contributed by atoms with Gasteiger partial charge in [0.1, 0.15) is 0 Å². The molecule has 2 nitrogen and oxygen atoms in total. The molecule has 2 aliphatic rings. The van der Waals surface area contributed by atoms with Crippen molar-refractivity contribution in [2.45, 2.75) is 45.1 Å². The molecular weight excluding hydrogens is 244 g/mol. The molecule has 20 heavy (non-hydrogen) atoms. The van der Waals surface area contributed by atoms with E-state index in [0.29, 0.717) is 0 Å². The van der Waals surface area contributed by atoms with Crippen molar-refractivity contribution >= 4 is 0 Å². The van der Waals surface area contributed by atoms with Gasteiger partial charge in [-0.1, -0.05) is 31.2 Å². The second-order valence-electron chi connectivity index (χ2n) is 6.54. The van der Waals surface area contributed by atoms with Gasteiger partial charge in [0.2, 0.25) is 0 Å². The van der Waals surface area contributed by atoms with Crippen LogP contribution in [0.1, 0.15) is 49.7 Å². The Morgan fingerprint density at radius 3 is 2.35 bits per heavy atom. The van der Waals surface area contributed by atoms with E-state index < -0.39 is 0 Å². The second kappa shape index (κ2) is 6.73. The van der Waals surface area contributed by atoms with Gasteiger partial charge in [0.05, 0.1) is 0 Å². The Kier molecular flexibility index (Phi) is 4.74. The summed E-state index contributed by atoms with van der Waals surface area (Å²) < 4.78 is 0. The zero-order valence-electron chi connectivity index (χ0n) is 12.8. The lowest BCUT2D eigenvalue weighted by Crippen LogP contribution is -2.36. The first-order valence-corrected chi connectivity index (χ1v) is 8.37. The summed E-state index contributed by atoms with van der Waals surface area (Å²) in [5.74, 6) is 1.77. The van der Waals surface area contributed by atoms with E-state index in [4.69, 9.17) is 0 Å². The third-order valence-electron chi connectivity index (χ3n) is 4.82. The zero-order valence-corrected chi connectivity index (χ0v) is 12.8. The molecule has 110 valence electrons. The highest BCUT2D eigenvalue weighted by atomic mass is 15.1. The molecule has 1 N–H and O–H groups in total. The van der Waals surface area contributed by atoms with Crippen LogP contribution in [0.25, 0.3) is 0 Å². The summed E-state index contributed by atoms with van der Waals surface area (Å²) >= 11 is 0. The smallest absolute Gasteiger partial charge is 0.0233 e. The summed E-state index contributed by atoms with van der Waals surface area (Å²) in [5.41, 5.74) is 3.04. The van der Waals surface area contributed by atoms with E-state index in [1.807, 2.05) is 0 Å². The average molecular weight is 272 g/mol. The predicted octanol–water partition coefficient (Wildman–Crippen LogP) is 3.39. The Balaban J connectivity index is 1.44. The highest BCUT2D eigenvalue weighted by Crippen LogP contribution is 2.39. The van der Waals surface area contributed by atoms with Gasteiger partial charge in [-0.05, 0) is 74.8 Å². The van der Waals surface area contributed by atoms with Crippen LogP contribution in [0.4, 0.5) is 0 Å². The molecule has 1 aliphatic heterocycles. The lowest BCUT2D eigenvalue weighted by molar-refractivity contribution is 0.176. The Morgan fingerprint density at radius 1 is 1.05 bits per heavy atom. The molecule has 1 aromatic rings. The van der Waals surface area contributed by atoms with Crippen LogP contribution in [0, 0.1) is 5.92 Å². The fourth-order valence-corrected chi connectivity index (χ4v) is 3.27. The largest absolute Gasteiger partial charge is 0.317 e. The summed E-state index contributed by atoms with van der Waals surface area (Å²) in [6.07, 6.45) is 5.51. The van der Waals surface area contributed by atoms with Crippen molar-refractivity contribution in [2.24, 2.45) is 5.92 Å². The SMILES string of the molecule is CCNCC1CCN(Cc2ccc(C3CC3)cc2)CC1. The quantitative estimate of drug-likeness (QED) is 0.854. The van der Waals surface area contributed by atoms with Crippen molar-refractivity contribution in [1.29, 1.82) is 0 Å². The molecule has 0 unspecified atom stereocenters. The molecule has 0 aromatic heterocycles. The summed E-state index contributed by atoms with van der Waals surface area (Å²) in [4.78, 5) is 2.62. The van der Waals surface area contributed by atoms with Gasteiger partial charge in [0.15, 0.2) is 0 Å². The summed E-state index contributed by atoms with van der Waals surface area (Å²) in [6, 6.07) is 9.40. The minimum absolute atomic E-state index is 0.880. The molecule has 0 spiro atoms. The normalized spacial score (nSPS) is 21.2. The van der Waals surface area contributed by atoms with E-state index in [-0.39, 0.29) is 0 Å². The molecule has 1 heterocycles. The van der Waals surface area contributed by atoms with Gasteiger partial charge >= 0.3 is 0 Å². The maximum Gasteiger partial charge on any atom is 0.0233 e. The van der Waals surface area contributed by atoms with Gasteiger partial charge in [-0.2, -0.15) is 0 Å². The van der Waals surface area contributed by atoms with E-state index in [0.717, 1.165) is 24.9 Å². The number of likely N-dealkylation sites (tertiary alicyclic amines) is 1. The summed E-state index contributed by atoms with van der Waals surface area (Å²) in [6.45, 7) is 8.17. The standard InChI is InChI=1S/C18H28N2/c1-2-19-13-15-9-11-20(12-10-15)14-16-3-5-17(6-4-16)18-7-8-18/h3-6,15,18-19H,2,7-14H2,1H3. The van der Waals surface area contributed by atoms with Crippen molar-refractivity contribution in [3.63, 3.8) is 0 Å². The first-order chi connectivity index (χ1) is 9.85. The Bertz CT molecular complexity index is 400. The fourth-order valence-electron chi connectivity index (χ4n) is 3.27. The van der Waals surface area contributed by atoms with Crippen molar-refractivity contribution in [2.75, 3.05) is 26.2 Å². The monoisotopic (exact) mass is 272 g/mol. The zero-order chi connectivity index (χ0) is 13.8. The van der Waals surface area contributed by atoms with Crippen LogP contribution in [-0.2, 0) is 6.54 Å². The van der Waals surface area contributed by atoms with Crippen LogP contribution in [0.5, 0.6) is 0 Å². The molecule has 2 fully saturated rings. The van der Waals surface area contributed by atoms with Crippen LogP contribution in [0.3, 0.4) is 0 Å². The van der Waals surface area contributed by atoms with Crippen LogP contribution in [0.15, 0.2) is 24.3 Å². The third-order valence-corrected chi connectivity index (χ3v) is 4.82. The molecule has 2 heteroatoms. The van der Waals surface area contributed by atoms with E-state index in [9.17, 15) is 0 Å². The van der Waals surface area contributed by atoms with E-state index in [2.05, 4.69) is 41.4 Å². The molecule has 0 radical (unpaired) electrons. The number of nitrogens with one attached hydrogen (secondary N) is 1. The number of hydrogen-bond donors (Lipinski definition) is 1. The number of rotatable bonds is 6. The number of nitrogens with zero attached hydrogens (tertiary/aromatic N) is 1. The molecule has 1 aliphatic carbocycles.